The summed E-state index contributed by atoms with van der Waals surface area (Å²) in [5, 5.41) is 3.69. The molecule has 0 spiro atoms. The second kappa shape index (κ2) is 9.25. The summed E-state index contributed by atoms with van der Waals surface area (Å²) < 4.78 is 15.8. The fourth-order valence-electron chi connectivity index (χ4n) is 3.13. The number of hydrogen-bond acceptors (Lipinski definition) is 6. The standard InChI is InChI=1S/C22H24N2O5/c1-4-24(14-21(25)23-18-7-5-6-8-19(18)28-3)13-15-11-22(26)29-20-12-16(27-2)9-10-17(15)20/h5-12H,4,13-14H2,1-3H3,(H,23,25). The highest BCUT2D eigenvalue weighted by atomic mass is 16.5. The van der Waals surface area contributed by atoms with Crippen molar-refractivity contribution in [1.29, 1.82) is 0 Å². The molecule has 0 aliphatic heterocycles. The van der Waals surface area contributed by atoms with E-state index in [9.17, 15) is 9.59 Å². The molecule has 1 aromatic heterocycles. The number of para-hydroxylation sites is 2. The van der Waals surface area contributed by atoms with E-state index in [-0.39, 0.29) is 12.5 Å². The number of nitrogens with zero attached hydrogens (tertiary/aromatic N) is 1. The number of rotatable bonds is 8. The van der Waals surface area contributed by atoms with Crippen LogP contribution in [0.3, 0.4) is 0 Å². The molecular formula is C22H24N2O5. The lowest BCUT2D eigenvalue weighted by atomic mass is 10.1. The molecule has 0 radical (unpaired) electrons. The van der Waals surface area contributed by atoms with Gasteiger partial charge in [-0.25, -0.2) is 4.79 Å². The summed E-state index contributed by atoms with van der Waals surface area (Å²) >= 11 is 0. The van der Waals surface area contributed by atoms with Crippen molar-refractivity contribution in [3.63, 3.8) is 0 Å². The van der Waals surface area contributed by atoms with Crippen LogP contribution in [0.25, 0.3) is 11.0 Å². The maximum atomic E-state index is 12.5. The molecule has 2 aromatic carbocycles. The Morgan fingerprint density at radius 2 is 1.90 bits per heavy atom. The molecule has 1 N–H and O–H groups in total. The first-order valence-corrected chi connectivity index (χ1v) is 9.30. The molecule has 3 rings (SSSR count). The third-order valence-electron chi connectivity index (χ3n) is 4.63. The van der Waals surface area contributed by atoms with Crippen LogP contribution in [0.5, 0.6) is 11.5 Å². The second-order valence-electron chi connectivity index (χ2n) is 6.50. The minimum absolute atomic E-state index is 0.162. The van der Waals surface area contributed by atoms with Crippen molar-refractivity contribution in [2.45, 2.75) is 13.5 Å². The molecule has 0 aliphatic carbocycles. The highest BCUT2D eigenvalue weighted by molar-refractivity contribution is 5.93. The first kappa shape index (κ1) is 20.4. The predicted molar refractivity (Wildman–Crippen MR) is 112 cm³/mol. The van der Waals surface area contributed by atoms with Crippen LogP contribution >= 0.6 is 0 Å². The number of likely N-dealkylation sites (N-methyl/N-ethyl adjacent to an activating group) is 1. The molecule has 7 nitrogen and oxygen atoms in total. The zero-order valence-electron chi connectivity index (χ0n) is 16.7. The van der Waals surface area contributed by atoms with E-state index < -0.39 is 5.63 Å². The molecule has 1 heterocycles. The van der Waals surface area contributed by atoms with E-state index in [4.69, 9.17) is 13.9 Å². The minimum Gasteiger partial charge on any atom is -0.497 e. The van der Waals surface area contributed by atoms with E-state index in [1.54, 1.807) is 32.4 Å². The quantitative estimate of drug-likeness (QED) is 0.589. The normalized spacial score (nSPS) is 10.9. The molecule has 3 aromatic rings. The molecule has 0 saturated heterocycles. The van der Waals surface area contributed by atoms with Crippen molar-refractivity contribution in [3.8, 4) is 11.5 Å². The van der Waals surface area contributed by atoms with Crippen LogP contribution < -0.4 is 20.4 Å². The number of amides is 1. The van der Waals surface area contributed by atoms with Crippen LogP contribution in [0.4, 0.5) is 5.69 Å². The average molecular weight is 396 g/mol. The fourth-order valence-corrected chi connectivity index (χ4v) is 3.13. The van der Waals surface area contributed by atoms with Gasteiger partial charge in [0.05, 0.1) is 26.5 Å². The van der Waals surface area contributed by atoms with Gasteiger partial charge in [0.25, 0.3) is 0 Å². The Morgan fingerprint density at radius 1 is 1.10 bits per heavy atom. The van der Waals surface area contributed by atoms with Gasteiger partial charge in [0.2, 0.25) is 5.91 Å². The van der Waals surface area contributed by atoms with Gasteiger partial charge in [-0.05, 0) is 36.4 Å². The van der Waals surface area contributed by atoms with Gasteiger partial charge >= 0.3 is 5.63 Å². The highest BCUT2D eigenvalue weighted by Gasteiger charge is 2.15. The van der Waals surface area contributed by atoms with E-state index >= 15 is 0 Å². The van der Waals surface area contributed by atoms with E-state index in [1.807, 2.05) is 36.1 Å². The third kappa shape index (κ3) is 4.94. The predicted octanol–water partition coefficient (Wildman–Crippen LogP) is 3.27. The Balaban J connectivity index is 1.77. The summed E-state index contributed by atoms with van der Waals surface area (Å²) in [5.41, 5.74) is 1.44. The smallest absolute Gasteiger partial charge is 0.336 e. The van der Waals surface area contributed by atoms with Crippen LogP contribution in [-0.2, 0) is 11.3 Å². The fraction of sp³-hybridized carbons (Fsp3) is 0.273. The lowest BCUT2D eigenvalue weighted by molar-refractivity contribution is -0.117. The summed E-state index contributed by atoms with van der Waals surface area (Å²) in [6.45, 7) is 3.21. The van der Waals surface area contributed by atoms with E-state index in [0.29, 0.717) is 35.9 Å². The van der Waals surface area contributed by atoms with Gasteiger partial charge in [0, 0.05) is 24.1 Å². The number of ether oxygens (including phenoxy) is 2. The van der Waals surface area contributed by atoms with Crippen molar-refractivity contribution >= 4 is 22.6 Å². The zero-order chi connectivity index (χ0) is 20.8. The molecule has 1 amide bonds. The lowest BCUT2D eigenvalue weighted by Crippen LogP contribution is -2.33. The summed E-state index contributed by atoms with van der Waals surface area (Å²) in [6, 6.07) is 14.1. The van der Waals surface area contributed by atoms with Crippen LogP contribution in [0.1, 0.15) is 12.5 Å². The summed E-state index contributed by atoms with van der Waals surface area (Å²) in [7, 11) is 3.12. The molecular weight excluding hydrogens is 372 g/mol. The Hall–Kier alpha value is -3.32. The Bertz CT molecular complexity index is 1060. The number of carbonyl (C=O) groups is 1. The molecule has 29 heavy (non-hydrogen) atoms. The molecule has 7 heteroatoms. The van der Waals surface area contributed by atoms with E-state index in [2.05, 4.69) is 5.32 Å². The average Bonchev–Trinajstić information content (AvgIpc) is 2.72. The van der Waals surface area contributed by atoms with Crippen LogP contribution in [0.15, 0.2) is 57.7 Å². The van der Waals surface area contributed by atoms with E-state index in [1.165, 1.54) is 6.07 Å². The van der Waals surface area contributed by atoms with Gasteiger partial charge in [-0.2, -0.15) is 0 Å². The summed E-state index contributed by atoms with van der Waals surface area (Å²) in [5.74, 6) is 1.05. The van der Waals surface area contributed by atoms with Gasteiger partial charge in [-0.1, -0.05) is 19.1 Å². The highest BCUT2D eigenvalue weighted by Crippen LogP contribution is 2.24. The number of methoxy groups -OCH3 is 2. The monoisotopic (exact) mass is 396 g/mol. The number of anilines is 1. The van der Waals surface area contributed by atoms with Crippen LogP contribution in [-0.4, -0.2) is 38.1 Å². The molecule has 0 fully saturated rings. The molecule has 0 unspecified atom stereocenters. The Labute approximate surface area is 168 Å². The topological polar surface area (TPSA) is 81.0 Å². The lowest BCUT2D eigenvalue weighted by Gasteiger charge is -2.21. The second-order valence-corrected chi connectivity index (χ2v) is 6.50. The van der Waals surface area contributed by atoms with Gasteiger partial charge in [-0.15, -0.1) is 0 Å². The zero-order valence-corrected chi connectivity index (χ0v) is 16.7. The third-order valence-corrected chi connectivity index (χ3v) is 4.63. The van der Waals surface area contributed by atoms with Gasteiger partial charge in [0.1, 0.15) is 17.1 Å². The summed E-state index contributed by atoms with van der Waals surface area (Å²) in [6.07, 6.45) is 0. The molecule has 152 valence electrons. The Morgan fingerprint density at radius 3 is 2.62 bits per heavy atom. The van der Waals surface area contributed by atoms with E-state index in [0.717, 1.165) is 10.9 Å². The summed E-state index contributed by atoms with van der Waals surface area (Å²) in [4.78, 5) is 26.5. The van der Waals surface area contributed by atoms with Crippen molar-refractivity contribution < 1.29 is 18.7 Å². The van der Waals surface area contributed by atoms with Crippen molar-refractivity contribution in [2.24, 2.45) is 0 Å². The maximum absolute atomic E-state index is 12.5. The maximum Gasteiger partial charge on any atom is 0.336 e. The van der Waals surface area contributed by atoms with Crippen LogP contribution in [0.2, 0.25) is 0 Å². The number of carbonyl (C=O) groups excluding carboxylic acids is 1. The number of fused-ring (bicyclic) bond motifs is 1. The van der Waals surface area contributed by atoms with Crippen molar-refractivity contribution in [2.75, 3.05) is 32.6 Å². The number of nitrogens with one attached hydrogen (secondary N) is 1. The van der Waals surface area contributed by atoms with Gasteiger partial charge in [0.15, 0.2) is 0 Å². The molecule has 0 aliphatic rings. The van der Waals surface area contributed by atoms with Crippen LogP contribution in [0, 0.1) is 0 Å². The minimum atomic E-state index is -0.435. The first-order valence-electron chi connectivity index (χ1n) is 9.30. The molecule has 0 saturated carbocycles. The Kier molecular flexibility index (Phi) is 6.51. The number of benzene rings is 2. The van der Waals surface area contributed by atoms with Crippen molar-refractivity contribution in [3.05, 3.63) is 64.5 Å². The first-order chi connectivity index (χ1) is 14.0. The largest absolute Gasteiger partial charge is 0.497 e. The SMILES string of the molecule is CCN(CC(=O)Nc1ccccc1OC)Cc1cc(=O)oc2cc(OC)ccc12. The van der Waals surface area contributed by atoms with Crippen molar-refractivity contribution in [1.82, 2.24) is 4.90 Å². The molecule has 0 bridgehead atoms. The number of hydrogen-bond donors (Lipinski definition) is 1. The van der Waals surface area contributed by atoms with Gasteiger partial charge < -0.3 is 19.2 Å². The molecule has 0 atom stereocenters. The van der Waals surface area contributed by atoms with Gasteiger partial charge in [-0.3, -0.25) is 9.69 Å².